The largest absolute Gasteiger partial charge is 0.465 e. The van der Waals surface area contributed by atoms with Gasteiger partial charge in [0.05, 0.1) is 13.2 Å². The summed E-state index contributed by atoms with van der Waals surface area (Å²) in [6, 6.07) is 1.78. The molecule has 2 rings (SSSR count). The summed E-state index contributed by atoms with van der Waals surface area (Å²) in [5.41, 5.74) is 0. The minimum absolute atomic E-state index is 0.0627. The summed E-state index contributed by atoms with van der Waals surface area (Å²) in [5.74, 6) is -0.0627. The van der Waals surface area contributed by atoms with Crippen LogP contribution in [0.15, 0.2) is 0 Å². The molecule has 2 saturated heterocycles. The third kappa shape index (κ3) is 2.99. The molecule has 2 aliphatic rings. The number of fused-ring (bicyclic) bond motifs is 2. The first kappa shape index (κ1) is 12.8. The van der Waals surface area contributed by atoms with Crippen LogP contribution < -0.4 is 5.32 Å². The Hall–Kier alpha value is -0.610. The molecule has 0 spiro atoms. The number of hydrogen-bond acceptors (Lipinski definition) is 4. The fraction of sp³-hybridized carbons (Fsp3) is 0.923. The second kappa shape index (κ2) is 5.83. The summed E-state index contributed by atoms with van der Waals surface area (Å²) in [6.45, 7) is 2.84. The average molecular weight is 240 g/mol. The predicted octanol–water partition coefficient (Wildman–Crippen LogP) is 1.15. The lowest BCUT2D eigenvalue weighted by Crippen LogP contribution is -2.57. The van der Waals surface area contributed by atoms with Crippen LogP contribution in [0.2, 0.25) is 0 Å². The van der Waals surface area contributed by atoms with E-state index in [1.165, 1.54) is 32.1 Å². The molecule has 98 valence electrons. The maximum atomic E-state index is 11.6. The van der Waals surface area contributed by atoms with Crippen molar-refractivity contribution in [3.8, 4) is 0 Å². The van der Waals surface area contributed by atoms with Crippen LogP contribution in [0.3, 0.4) is 0 Å². The lowest BCUT2D eigenvalue weighted by atomic mass is 9.82. The number of piperidine rings is 2. The second-order valence-corrected chi connectivity index (χ2v) is 5.17. The topological polar surface area (TPSA) is 41.6 Å². The van der Waals surface area contributed by atoms with Crippen molar-refractivity contribution in [3.63, 3.8) is 0 Å². The predicted molar refractivity (Wildman–Crippen MR) is 66.8 cm³/mol. The zero-order chi connectivity index (χ0) is 12.3. The molecule has 2 fully saturated rings. The van der Waals surface area contributed by atoms with Gasteiger partial charge in [-0.3, -0.25) is 9.69 Å². The third-order valence-electron chi connectivity index (χ3n) is 4.15. The van der Waals surface area contributed by atoms with Crippen LogP contribution in [-0.2, 0) is 9.53 Å². The molecule has 0 saturated carbocycles. The van der Waals surface area contributed by atoms with E-state index < -0.39 is 0 Å². The van der Waals surface area contributed by atoms with Crippen LogP contribution in [0.1, 0.15) is 39.0 Å². The summed E-state index contributed by atoms with van der Waals surface area (Å²) in [6.07, 6.45) is 6.12. The highest BCUT2D eigenvalue weighted by Gasteiger charge is 2.38. The fourth-order valence-electron chi connectivity index (χ4n) is 3.33. The van der Waals surface area contributed by atoms with Crippen molar-refractivity contribution < 1.29 is 9.53 Å². The van der Waals surface area contributed by atoms with Gasteiger partial charge in [-0.05, 0) is 39.7 Å². The Kier molecular flexibility index (Phi) is 4.40. The molecular formula is C13H24N2O2. The van der Waals surface area contributed by atoms with Crippen LogP contribution in [0.25, 0.3) is 0 Å². The van der Waals surface area contributed by atoms with E-state index in [0.29, 0.717) is 31.3 Å². The van der Waals surface area contributed by atoms with E-state index in [9.17, 15) is 4.79 Å². The van der Waals surface area contributed by atoms with E-state index in [0.717, 1.165) is 0 Å². The SMILES string of the molecule is CCOC(=O)CN1C2CCCC1CC(NC)C2. The second-order valence-electron chi connectivity index (χ2n) is 5.17. The quantitative estimate of drug-likeness (QED) is 0.749. The van der Waals surface area contributed by atoms with Crippen molar-refractivity contribution in [2.75, 3.05) is 20.2 Å². The average Bonchev–Trinajstić information content (AvgIpc) is 2.28. The lowest BCUT2D eigenvalue weighted by Gasteiger charge is -2.48. The number of rotatable bonds is 4. The Labute approximate surface area is 104 Å². The molecule has 0 aliphatic carbocycles. The van der Waals surface area contributed by atoms with Crippen molar-refractivity contribution in [2.45, 2.75) is 57.2 Å². The van der Waals surface area contributed by atoms with Crippen LogP contribution in [0, 0.1) is 0 Å². The maximum absolute atomic E-state index is 11.6. The van der Waals surface area contributed by atoms with E-state index in [2.05, 4.69) is 10.2 Å². The first-order valence-corrected chi connectivity index (χ1v) is 6.83. The van der Waals surface area contributed by atoms with Crippen molar-refractivity contribution in [1.29, 1.82) is 0 Å². The first-order valence-electron chi connectivity index (χ1n) is 6.83. The number of nitrogens with zero attached hydrogens (tertiary/aromatic N) is 1. The summed E-state index contributed by atoms with van der Waals surface area (Å²) in [5, 5.41) is 3.39. The molecule has 0 aromatic carbocycles. The highest BCUT2D eigenvalue weighted by molar-refractivity contribution is 5.71. The fourth-order valence-corrected chi connectivity index (χ4v) is 3.33. The number of hydrogen-bond donors (Lipinski definition) is 1. The van der Waals surface area contributed by atoms with Gasteiger partial charge in [-0.2, -0.15) is 0 Å². The summed E-state index contributed by atoms with van der Waals surface area (Å²) in [7, 11) is 2.04. The summed E-state index contributed by atoms with van der Waals surface area (Å²) in [4.78, 5) is 14.0. The zero-order valence-corrected chi connectivity index (χ0v) is 10.9. The molecule has 17 heavy (non-hydrogen) atoms. The minimum atomic E-state index is -0.0627. The Balaban J connectivity index is 1.95. The first-order chi connectivity index (χ1) is 8.24. The molecular weight excluding hydrogens is 216 g/mol. The van der Waals surface area contributed by atoms with Crippen molar-refractivity contribution in [2.24, 2.45) is 0 Å². The highest BCUT2D eigenvalue weighted by Crippen LogP contribution is 2.33. The van der Waals surface area contributed by atoms with Crippen LogP contribution in [-0.4, -0.2) is 49.2 Å². The Morgan fingerprint density at radius 3 is 2.53 bits per heavy atom. The molecule has 4 nitrogen and oxygen atoms in total. The van der Waals surface area contributed by atoms with E-state index in [4.69, 9.17) is 4.74 Å². The van der Waals surface area contributed by atoms with Gasteiger partial charge in [-0.25, -0.2) is 0 Å². The van der Waals surface area contributed by atoms with Gasteiger partial charge in [0.2, 0.25) is 0 Å². The van der Waals surface area contributed by atoms with E-state index in [-0.39, 0.29) is 5.97 Å². The monoisotopic (exact) mass is 240 g/mol. The summed E-state index contributed by atoms with van der Waals surface area (Å²) >= 11 is 0. The molecule has 0 radical (unpaired) electrons. The molecule has 1 N–H and O–H groups in total. The Morgan fingerprint density at radius 1 is 1.35 bits per heavy atom. The van der Waals surface area contributed by atoms with Gasteiger partial charge in [-0.15, -0.1) is 0 Å². The number of esters is 1. The number of ether oxygens (including phenoxy) is 1. The van der Waals surface area contributed by atoms with Gasteiger partial charge in [0.15, 0.2) is 0 Å². The summed E-state index contributed by atoms with van der Waals surface area (Å²) < 4.78 is 5.07. The van der Waals surface area contributed by atoms with Gasteiger partial charge >= 0.3 is 5.97 Å². The molecule has 2 unspecified atom stereocenters. The highest BCUT2D eigenvalue weighted by atomic mass is 16.5. The molecule has 2 atom stereocenters. The van der Waals surface area contributed by atoms with Gasteiger partial charge < -0.3 is 10.1 Å². The molecule has 0 aromatic heterocycles. The molecule has 0 aromatic rings. The molecule has 2 heterocycles. The van der Waals surface area contributed by atoms with Crippen LogP contribution in [0.5, 0.6) is 0 Å². The van der Waals surface area contributed by atoms with Gasteiger partial charge in [0, 0.05) is 18.1 Å². The number of carbonyl (C=O) groups excluding carboxylic acids is 1. The standard InChI is InChI=1S/C13H24N2O2/c1-3-17-13(16)9-15-11-5-4-6-12(15)8-10(7-11)14-2/h10-12,14H,3-9H2,1-2H3. The molecule has 4 heteroatoms. The van der Waals surface area contributed by atoms with Gasteiger partial charge in [0.1, 0.15) is 0 Å². The van der Waals surface area contributed by atoms with Crippen molar-refractivity contribution >= 4 is 5.97 Å². The Morgan fingerprint density at radius 2 is 2.00 bits per heavy atom. The maximum Gasteiger partial charge on any atom is 0.320 e. The zero-order valence-electron chi connectivity index (χ0n) is 10.9. The van der Waals surface area contributed by atoms with E-state index in [1.54, 1.807) is 0 Å². The molecule has 2 aliphatic heterocycles. The van der Waals surface area contributed by atoms with Gasteiger partial charge in [-0.1, -0.05) is 6.42 Å². The third-order valence-corrected chi connectivity index (χ3v) is 4.15. The lowest BCUT2D eigenvalue weighted by molar-refractivity contribution is -0.147. The van der Waals surface area contributed by atoms with Crippen molar-refractivity contribution in [3.05, 3.63) is 0 Å². The van der Waals surface area contributed by atoms with Gasteiger partial charge in [0.25, 0.3) is 0 Å². The van der Waals surface area contributed by atoms with E-state index >= 15 is 0 Å². The molecule has 0 amide bonds. The van der Waals surface area contributed by atoms with Crippen molar-refractivity contribution in [1.82, 2.24) is 10.2 Å². The van der Waals surface area contributed by atoms with Crippen LogP contribution >= 0.6 is 0 Å². The van der Waals surface area contributed by atoms with E-state index in [1.807, 2.05) is 14.0 Å². The normalized spacial score (nSPS) is 33.4. The molecule has 2 bridgehead atoms. The smallest absolute Gasteiger partial charge is 0.320 e. The number of carbonyl (C=O) groups is 1. The number of nitrogens with one attached hydrogen (secondary N) is 1. The van der Waals surface area contributed by atoms with Crippen LogP contribution in [0.4, 0.5) is 0 Å². The minimum Gasteiger partial charge on any atom is -0.465 e. The Bertz CT molecular complexity index is 256.